The molecule has 5 nitrogen and oxygen atoms in total. The zero-order chi connectivity index (χ0) is 13.5. The highest BCUT2D eigenvalue weighted by Crippen LogP contribution is 2.13. The molecule has 0 bridgehead atoms. The Morgan fingerprint density at radius 1 is 1.50 bits per heavy atom. The van der Waals surface area contributed by atoms with Crippen LogP contribution in [0.15, 0.2) is 0 Å². The number of amides is 1. The third kappa shape index (κ3) is 4.55. The molecule has 1 amide bonds. The van der Waals surface area contributed by atoms with Crippen LogP contribution in [0, 0.1) is 0 Å². The number of likely N-dealkylation sites (tertiary alicyclic amines) is 1. The number of carbonyl (C=O) groups excluding carboxylic acids is 1. The first-order chi connectivity index (χ1) is 8.58. The molecule has 1 aliphatic heterocycles. The minimum atomic E-state index is -0.403. The van der Waals surface area contributed by atoms with Crippen LogP contribution in [0.4, 0.5) is 0 Å². The predicted octanol–water partition coefficient (Wildman–Crippen LogP) is 0.293. The monoisotopic (exact) mass is 257 g/mol. The number of rotatable bonds is 7. The third-order valence-electron chi connectivity index (χ3n) is 3.50. The van der Waals surface area contributed by atoms with Gasteiger partial charge in [-0.2, -0.15) is 0 Å². The second-order valence-electron chi connectivity index (χ2n) is 4.88. The van der Waals surface area contributed by atoms with Crippen molar-refractivity contribution in [2.24, 2.45) is 5.73 Å². The fraction of sp³-hybridized carbons (Fsp3) is 0.923. The standard InChI is InChI=1S/C13H27N3O2/c1-4-15(5-2)8-9-18-12-6-7-16(10-12)13(17)11(3)14/h11-12H,4-10,14H2,1-3H3/t11-,12?/m1/s1. The molecule has 1 aliphatic rings. The lowest BCUT2D eigenvalue weighted by Crippen LogP contribution is -2.41. The highest BCUT2D eigenvalue weighted by Gasteiger charge is 2.28. The zero-order valence-corrected chi connectivity index (χ0v) is 11.9. The van der Waals surface area contributed by atoms with Crippen LogP contribution < -0.4 is 5.73 Å². The average molecular weight is 257 g/mol. The molecule has 1 saturated heterocycles. The van der Waals surface area contributed by atoms with E-state index in [1.165, 1.54) is 0 Å². The molecule has 1 fully saturated rings. The summed E-state index contributed by atoms with van der Waals surface area (Å²) >= 11 is 0. The van der Waals surface area contributed by atoms with Gasteiger partial charge in [-0.25, -0.2) is 0 Å². The van der Waals surface area contributed by atoms with Crippen LogP contribution >= 0.6 is 0 Å². The maximum Gasteiger partial charge on any atom is 0.239 e. The topological polar surface area (TPSA) is 58.8 Å². The summed E-state index contributed by atoms with van der Waals surface area (Å²) in [7, 11) is 0. The van der Waals surface area contributed by atoms with Gasteiger partial charge in [0.25, 0.3) is 0 Å². The Balaban J connectivity index is 2.20. The number of ether oxygens (including phenoxy) is 1. The number of nitrogens with zero attached hydrogens (tertiary/aromatic N) is 2. The Kier molecular flexibility index (Phi) is 6.60. The number of nitrogens with two attached hydrogens (primary N) is 1. The highest BCUT2D eigenvalue weighted by atomic mass is 16.5. The molecular formula is C13H27N3O2. The first kappa shape index (κ1) is 15.4. The van der Waals surface area contributed by atoms with Gasteiger partial charge >= 0.3 is 0 Å². The van der Waals surface area contributed by atoms with Crippen molar-refractivity contribution >= 4 is 5.91 Å². The summed E-state index contributed by atoms with van der Waals surface area (Å²) in [5.74, 6) is 0.0323. The van der Waals surface area contributed by atoms with Crippen molar-refractivity contribution in [3.8, 4) is 0 Å². The number of hydrogen-bond donors (Lipinski definition) is 1. The van der Waals surface area contributed by atoms with Crippen LogP contribution in [0.3, 0.4) is 0 Å². The molecule has 0 aromatic carbocycles. The van der Waals surface area contributed by atoms with Gasteiger partial charge in [-0.05, 0) is 26.4 Å². The number of carbonyl (C=O) groups is 1. The largest absolute Gasteiger partial charge is 0.375 e. The van der Waals surface area contributed by atoms with Gasteiger partial charge in [0.1, 0.15) is 0 Å². The van der Waals surface area contributed by atoms with E-state index < -0.39 is 6.04 Å². The Labute approximate surface area is 110 Å². The van der Waals surface area contributed by atoms with E-state index >= 15 is 0 Å². The smallest absolute Gasteiger partial charge is 0.239 e. The van der Waals surface area contributed by atoms with E-state index in [1.54, 1.807) is 6.92 Å². The van der Waals surface area contributed by atoms with E-state index in [-0.39, 0.29) is 12.0 Å². The minimum absolute atomic E-state index is 0.0323. The average Bonchev–Trinajstić information content (AvgIpc) is 2.82. The van der Waals surface area contributed by atoms with Gasteiger partial charge < -0.3 is 20.3 Å². The molecule has 2 N–H and O–H groups in total. The van der Waals surface area contributed by atoms with Crippen LogP contribution in [0.5, 0.6) is 0 Å². The maximum absolute atomic E-state index is 11.7. The van der Waals surface area contributed by atoms with Gasteiger partial charge in [0.05, 0.1) is 18.8 Å². The summed E-state index contributed by atoms with van der Waals surface area (Å²) < 4.78 is 5.82. The summed E-state index contributed by atoms with van der Waals surface area (Å²) in [4.78, 5) is 15.8. The van der Waals surface area contributed by atoms with Gasteiger partial charge in [0, 0.05) is 19.6 Å². The van der Waals surface area contributed by atoms with Gasteiger partial charge in [0.2, 0.25) is 5.91 Å². The number of hydrogen-bond acceptors (Lipinski definition) is 4. The van der Waals surface area contributed by atoms with Crippen molar-refractivity contribution in [3.63, 3.8) is 0 Å². The van der Waals surface area contributed by atoms with E-state index in [9.17, 15) is 4.79 Å². The molecule has 0 saturated carbocycles. The van der Waals surface area contributed by atoms with Crippen molar-refractivity contribution < 1.29 is 9.53 Å². The van der Waals surface area contributed by atoms with Crippen molar-refractivity contribution in [3.05, 3.63) is 0 Å². The van der Waals surface area contributed by atoms with Gasteiger partial charge in [-0.3, -0.25) is 4.79 Å². The molecule has 1 unspecified atom stereocenters. The molecule has 0 aromatic rings. The van der Waals surface area contributed by atoms with Crippen molar-refractivity contribution in [2.75, 3.05) is 39.3 Å². The molecule has 2 atom stereocenters. The lowest BCUT2D eigenvalue weighted by atomic mass is 10.3. The van der Waals surface area contributed by atoms with E-state index in [2.05, 4.69) is 18.7 Å². The fourth-order valence-electron chi connectivity index (χ4n) is 2.24. The minimum Gasteiger partial charge on any atom is -0.375 e. The van der Waals surface area contributed by atoms with E-state index in [4.69, 9.17) is 10.5 Å². The van der Waals surface area contributed by atoms with Crippen molar-refractivity contribution in [2.45, 2.75) is 39.3 Å². The quantitative estimate of drug-likeness (QED) is 0.712. The maximum atomic E-state index is 11.7. The lowest BCUT2D eigenvalue weighted by Gasteiger charge is -2.20. The summed E-state index contributed by atoms with van der Waals surface area (Å²) in [5.41, 5.74) is 5.60. The van der Waals surface area contributed by atoms with Crippen LogP contribution in [-0.2, 0) is 9.53 Å². The summed E-state index contributed by atoms with van der Waals surface area (Å²) in [5, 5.41) is 0. The van der Waals surface area contributed by atoms with E-state index in [1.807, 2.05) is 4.90 Å². The third-order valence-corrected chi connectivity index (χ3v) is 3.50. The molecule has 18 heavy (non-hydrogen) atoms. The molecular weight excluding hydrogens is 230 g/mol. The Morgan fingerprint density at radius 2 is 2.17 bits per heavy atom. The first-order valence-corrected chi connectivity index (χ1v) is 6.96. The van der Waals surface area contributed by atoms with E-state index in [0.29, 0.717) is 6.54 Å². The molecule has 106 valence electrons. The summed E-state index contributed by atoms with van der Waals surface area (Å²) in [6.45, 7) is 11.3. The second kappa shape index (κ2) is 7.71. The Bertz CT molecular complexity index is 255. The Hall–Kier alpha value is -0.650. The molecule has 1 heterocycles. The molecule has 0 aromatic heterocycles. The van der Waals surface area contributed by atoms with Gasteiger partial charge in [-0.1, -0.05) is 13.8 Å². The van der Waals surface area contributed by atoms with Crippen LogP contribution in [0.1, 0.15) is 27.2 Å². The summed E-state index contributed by atoms with van der Waals surface area (Å²) in [6.07, 6.45) is 1.11. The normalized spacial score (nSPS) is 21.6. The fourth-order valence-corrected chi connectivity index (χ4v) is 2.24. The molecule has 0 radical (unpaired) electrons. The van der Waals surface area contributed by atoms with Gasteiger partial charge in [0.15, 0.2) is 0 Å². The molecule has 0 spiro atoms. The molecule has 5 heteroatoms. The first-order valence-electron chi connectivity index (χ1n) is 6.96. The van der Waals surface area contributed by atoms with Crippen molar-refractivity contribution in [1.82, 2.24) is 9.80 Å². The molecule has 0 aliphatic carbocycles. The lowest BCUT2D eigenvalue weighted by molar-refractivity contribution is -0.131. The van der Waals surface area contributed by atoms with Crippen LogP contribution in [0.25, 0.3) is 0 Å². The van der Waals surface area contributed by atoms with Crippen molar-refractivity contribution in [1.29, 1.82) is 0 Å². The van der Waals surface area contributed by atoms with Crippen LogP contribution in [0.2, 0.25) is 0 Å². The van der Waals surface area contributed by atoms with Gasteiger partial charge in [-0.15, -0.1) is 0 Å². The number of likely N-dealkylation sites (N-methyl/N-ethyl adjacent to an activating group) is 1. The van der Waals surface area contributed by atoms with E-state index in [0.717, 1.165) is 39.2 Å². The Morgan fingerprint density at radius 3 is 2.72 bits per heavy atom. The zero-order valence-electron chi connectivity index (χ0n) is 11.9. The summed E-state index contributed by atoms with van der Waals surface area (Å²) in [6, 6.07) is -0.403. The molecule has 1 rings (SSSR count). The SMILES string of the molecule is CCN(CC)CCOC1CCN(C(=O)[C@@H](C)N)C1. The predicted molar refractivity (Wildman–Crippen MR) is 72.4 cm³/mol. The second-order valence-corrected chi connectivity index (χ2v) is 4.88. The highest BCUT2D eigenvalue weighted by molar-refractivity contribution is 5.81. The van der Waals surface area contributed by atoms with Crippen LogP contribution in [-0.4, -0.2) is 67.2 Å².